The molecular weight excluding hydrogens is 263 g/mol. The number of aliphatic hydroxyl groups excluding tert-OH is 1. The molecule has 0 aliphatic rings. The van der Waals surface area contributed by atoms with Crippen LogP contribution >= 0.6 is 0 Å². The van der Waals surface area contributed by atoms with Gasteiger partial charge in [-0.2, -0.15) is 0 Å². The van der Waals surface area contributed by atoms with Gasteiger partial charge in [0.25, 0.3) is 0 Å². The standard InChI is InChI=1S/C19H23FO/c1-4-19(5-2,15-9-7-6-8-10-15)18(21)17-12-11-16(20)13-14(17)3/h6-13,18,21H,4-5H2,1-3H3. The van der Waals surface area contributed by atoms with Crippen LogP contribution in [-0.4, -0.2) is 5.11 Å². The number of hydrogen-bond acceptors (Lipinski definition) is 1. The van der Waals surface area contributed by atoms with E-state index in [2.05, 4.69) is 26.0 Å². The second-order valence-corrected chi connectivity index (χ2v) is 5.63. The largest absolute Gasteiger partial charge is 0.387 e. The van der Waals surface area contributed by atoms with Gasteiger partial charge < -0.3 is 5.11 Å². The molecule has 2 heteroatoms. The Kier molecular flexibility index (Phi) is 4.79. The molecule has 0 heterocycles. The molecule has 0 spiro atoms. The van der Waals surface area contributed by atoms with Crippen LogP contribution in [0.15, 0.2) is 48.5 Å². The highest BCUT2D eigenvalue weighted by Crippen LogP contribution is 2.43. The van der Waals surface area contributed by atoms with Crippen molar-refractivity contribution in [3.05, 3.63) is 71.0 Å². The maximum absolute atomic E-state index is 13.3. The van der Waals surface area contributed by atoms with Crippen LogP contribution in [0.2, 0.25) is 0 Å². The van der Waals surface area contributed by atoms with Crippen LogP contribution in [0.5, 0.6) is 0 Å². The van der Waals surface area contributed by atoms with Crippen molar-refractivity contribution in [3.8, 4) is 0 Å². The molecule has 2 aromatic carbocycles. The van der Waals surface area contributed by atoms with E-state index >= 15 is 0 Å². The Balaban J connectivity index is 2.52. The number of benzene rings is 2. The van der Waals surface area contributed by atoms with E-state index in [1.165, 1.54) is 12.1 Å². The molecule has 2 rings (SSSR count). The van der Waals surface area contributed by atoms with E-state index < -0.39 is 6.10 Å². The molecule has 0 saturated heterocycles. The normalized spacial score (nSPS) is 13.2. The Morgan fingerprint density at radius 1 is 1.05 bits per heavy atom. The minimum Gasteiger partial charge on any atom is -0.387 e. The molecule has 1 N–H and O–H groups in total. The lowest BCUT2D eigenvalue weighted by molar-refractivity contribution is 0.0721. The molecule has 0 bridgehead atoms. The summed E-state index contributed by atoms with van der Waals surface area (Å²) >= 11 is 0. The second kappa shape index (κ2) is 6.40. The van der Waals surface area contributed by atoms with E-state index in [-0.39, 0.29) is 11.2 Å². The van der Waals surface area contributed by atoms with Crippen molar-refractivity contribution < 1.29 is 9.50 Å². The molecule has 0 fully saturated rings. The van der Waals surface area contributed by atoms with Crippen LogP contribution in [-0.2, 0) is 5.41 Å². The van der Waals surface area contributed by atoms with Gasteiger partial charge in [0.15, 0.2) is 0 Å². The van der Waals surface area contributed by atoms with Crippen molar-refractivity contribution in [3.63, 3.8) is 0 Å². The maximum Gasteiger partial charge on any atom is 0.123 e. The fourth-order valence-electron chi connectivity index (χ4n) is 3.22. The van der Waals surface area contributed by atoms with Crippen molar-refractivity contribution in [1.82, 2.24) is 0 Å². The fourth-order valence-corrected chi connectivity index (χ4v) is 3.22. The van der Waals surface area contributed by atoms with Gasteiger partial charge in [0.05, 0.1) is 6.10 Å². The minimum absolute atomic E-state index is 0.262. The first-order chi connectivity index (χ1) is 10.0. The predicted molar refractivity (Wildman–Crippen MR) is 84.8 cm³/mol. The average Bonchev–Trinajstić information content (AvgIpc) is 2.50. The zero-order valence-electron chi connectivity index (χ0n) is 12.9. The van der Waals surface area contributed by atoms with Gasteiger partial charge in [-0.05, 0) is 48.6 Å². The van der Waals surface area contributed by atoms with Gasteiger partial charge in [-0.25, -0.2) is 4.39 Å². The lowest BCUT2D eigenvalue weighted by atomic mass is 9.69. The van der Waals surface area contributed by atoms with E-state index in [4.69, 9.17) is 0 Å². The minimum atomic E-state index is -0.643. The number of aliphatic hydroxyl groups is 1. The summed E-state index contributed by atoms with van der Waals surface area (Å²) in [4.78, 5) is 0. The molecule has 1 nitrogen and oxygen atoms in total. The van der Waals surface area contributed by atoms with Crippen LogP contribution in [0.3, 0.4) is 0 Å². The summed E-state index contributed by atoms with van der Waals surface area (Å²) in [6.45, 7) is 6.04. The monoisotopic (exact) mass is 286 g/mol. The Morgan fingerprint density at radius 2 is 1.67 bits per heavy atom. The van der Waals surface area contributed by atoms with Crippen LogP contribution in [0.4, 0.5) is 4.39 Å². The predicted octanol–water partition coefficient (Wildman–Crippen LogP) is 4.93. The smallest absolute Gasteiger partial charge is 0.123 e. The number of rotatable bonds is 5. The summed E-state index contributed by atoms with van der Waals surface area (Å²) in [5.41, 5.74) is 2.39. The summed E-state index contributed by atoms with van der Waals surface area (Å²) in [6.07, 6.45) is 1.01. The highest BCUT2D eigenvalue weighted by Gasteiger charge is 2.37. The van der Waals surface area contributed by atoms with Gasteiger partial charge in [-0.1, -0.05) is 50.2 Å². The van der Waals surface area contributed by atoms with Gasteiger partial charge in [0.1, 0.15) is 5.82 Å². The summed E-state index contributed by atoms with van der Waals surface area (Å²) < 4.78 is 13.3. The SMILES string of the molecule is CCC(CC)(c1ccccc1)C(O)c1ccc(F)cc1C. The van der Waals surface area contributed by atoms with Gasteiger partial charge in [0.2, 0.25) is 0 Å². The fraction of sp³-hybridized carbons (Fsp3) is 0.368. The van der Waals surface area contributed by atoms with E-state index in [0.717, 1.165) is 29.5 Å². The summed E-state index contributed by atoms with van der Waals surface area (Å²) in [5.74, 6) is -0.262. The lowest BCUT2D eigenvalue weighted by Crippen LogP contribution is -2.33. The Bertz CT molecular complexity index is 588. The molecule has 1 unspecified atom stereocenters. The summed E-state index contributed by atoms with van der Waals surface area (Å²) in [7, 11) is 0. The maximum atomic E-state index is 13.3. The van der Waals surface area contributed by atoms with Gasteiger partial charge in [-0.15, -0.1) is 0 Å². The Morgan fingerprint density at radius 3 is 2.19 bits per heavy atom. The molecule has 0 aromatic heterocycles. The molecule has 21 heavy (non-hydrogen) atoms. The molecule has 2 aromatic rings. The number of halogens is 1. The quantitative estimate of drug-likeness (QED) is 0.826. The first-order valence-corrected chi connectivity index (χ1v) is 7.54. The molecule has 0 saturated carbocycles. The van der Waals surface area contributed by atoms with E-state index in [1.54, 1.807) is 6.07 Å². The van der Waals surface area contributed by atoms with Crippen LogP contribution in [0, 0.1) is 12.7 Å². The second-order valence-electron chi connectivity index (χ2n) is 5.63. The number of aryl methyl sites for hydroxylation is 1. The third-order valence-corrected chi connectivity index (χ3v) is 4.66. The highest BCUT2D eigenvalue weighted by molar-refractivity contribution is 5.36. The first kappa shape index (κ1) is 15.7. The molecule has 0 aliphatic carbocycles. The molecule has 112 valence electrons. The van der Waals surface area contributed by atoms with Gasteiger partial charge in [-0.3, -0.25) is 0 Å². The molecular formula is C19H23FO. The van der Waals surface area contributed by atoms with Crippen molar-refractivity contribution in [1.29, 1.82) is 0 Å². The average molecular weight is 286 g/mol. The Labute approximate surface area is 126 Å². The Hall–Kier alpha value is -1.67. The van der Waals surface area contributed by atoms with Gasteiger partial charge >= 0.3 is 0 Å². The highest BCUT2D eigenvalue weighted by atomic mass is 19.1. The van der Waals surface area contributed by atoms with E-state index in [9.17, 15) is 9.50 Å². The van der Waals surface area contributed by atoms with Crippen molar-refractivity contribution in [2.45, 2.75) is 45.1 Å². The van der Waals surface area contributed by atoms with Crippen LogP contribution < -0.4 is 0 Å². The molecule has 1 atom stereocenters. The summed E-state index contributed by atoms with van der Waals surface area (Å²) in [6, 6.07) is 14.7. The molecule has 0 aliphatic heterocycles. The van der Waals surface area contributed by atoms with Crippen molar-refractivity contribution in [2.75, 3.05) is 0 Å². The molecule has 0 radical (unpaired) electrons. The lowest BCUT2D eigenvalue weighted by Gasteiger charge is -2.38. The van der Waals surface area contributed by atoms with E-state index in [0.29, 0.717) is 0 Å². The number of hydrogen-bond donors (Lipinski definition) is 1. The van der Waals surface area contributed by atoms with Gasteiger partial charge in [0, 0.05) is 5.41 Å². The summed E-state index contributed by atoms with van der Waals surface area (Å²) in [5, 5.41) is 11.0. The van der Waals surface area contributed by atoms with Crippen LogP contribution in [0.25, 0.3) is 0 Å². The zero-order valence-corrected chi connectivity index (χ0v) is 12.9. The zero-order chi connectivity index (χ0) is 15.5. The van der Waals surface area contributed by atoms with Crippen LogP contribution in [0.1, 0.15) is 49.5 Å². The topological polar surface area (TPSA) is 20.2 Å². The third-order valence-electron chi connectivity index (χ3n) is 4.66. The van der Waals surface area contributed by atoms with E-state index in [1.807, 2.05) is 25.1 Å². The third kappa shape index (κ3) is 2.86. The molecule has 0 amide bonds. The first-order valence-electron chi connectivity index (χ1n) is 7.54. The van der Waals surface area contributed by atoms with Crippen molar-refractivity contribution >= 4 is 0 Å². The van der Waals surface area contributed by atoms with Crippen molar-refractivity contribution in [2.24, 2.45) is 0 Å².